The van der Waals surface area contributed by atoms with E-state index in [0.29, 0.717) is 12.5 Å². The van der Waals surface area contributed by atoms with Crippen LogP contribution in [0.5, 0.6) is 0 Å². The highest BCUT2D eigenvalue weighted by Gasteiger charge is 2.09. The first-order chi connectivity index (χ1) is 8.10. The van der Waals surface area contributed by atoms with Crippen molar-refractivity contribution in [1.29, 1.82) is 5.26 Å². The third-order valence-electron chi connectivity index (χ3n) is 2.88. The fourth-order valence-electron chi connectivity index (χ4n) is 1.61. The van der Waals surface area contributed by atoms with Crippen molar-refractivity contribution in [3.8, 4) is 6.07 Å². The Balaban J connectivity index is 2.85. The Kier molecular flexibility index (Phi) is 5.46. The Hall–Kier alpha value is -1.05. The van der Waals surface area contributed by atoms with Gasteiger partial charge in [-0.1, -0.05) is 22.0 Å². The van der Waals surface area contributed by atoms with E-state index in [0.717, 1.165) is 16.7 Å². The number of rotatable bonds is 5. The Labute approximate surface area is 112 Å². The summed E-state index contributed by atoms with van der Waals surface area (Å²) in [6, 6.07) is 8.78. The van der Waals surface area contributed by atoms with Crippen molar-refractivity contribution in [2.75, 3.05) is 25.5 Å². The lowest BCUT2D eigenvalue weighted by molar-refractivity contribution is 0.649. The average Bonchev–Trinajstić information content (AvgIpc) is 2.34. The molecule has 0 aliphatic carbocycles. The van der Waals surface area contributed by atoms with Gasteiger partial charge in [0.25, 0.3) is 0 Å². The number of hydrogen-bond donors (Lipinski definition) is 1. The third kappa shape index (κ3) is 3.72. The van der Waals surface area contributed by atoms with Gasteiger partial charge < -0.3 is 10.2 Å². The number of halogens is 1. The number of nitriles is 1. The van der Waals surface area contributed by atoms with Gasteiger partial charge in [-0.3, -0.25) is 0 Å². The Morgan fingerprint density at radius 3 is 2.76 bits per heavy atom. The molecule has 0 amide bonds. The quantitative estimate of drug-likeness (QED) is 0.907. The van der Waals surface area contributed by atoms with E-state index in [2.05, 4.69) is 57.3 Å². The van der Waals surface area contributed by atoms with E-state index in [1.807, 2.05) is 14.1 Å². The van der Waals surface area contributed by atoms with Crippen molar-refractivity contribution < 1.29 is 0 Å². The summed E-state index contributed by atoms with van der Waals surface area (Å²) < 4.78 is 1.10. The van der Waals surface area contributed by atoms with Crippen LogP contribution >= 0.6 is 15.9 Å². The van der Waals surface area contributed by atoms with Crippen molar-refractivity contribution >= 4 is 21.6 Å². The summed E-state index contributed by atoms with van der Waals surface area (Å²) in [5.74, 6) is 0. The minimum atomic E-state index is 0.322. The lowest BCUT2D eigenvalue weighted by atomic mass is 10.1. The molecule has 1 aromatic rings. The van der Waals surface area contributed by atoms with Crippen molar-refractivity contribution in [2.45, 2.75) is 19.4 Å². The normalized spacial score (nSPS) is 11.9. The molecule has 0 saturated carbocycles. The topological polar surface area (TPSA) is 39.1 Å². The van der Waals surface area contributed by atoms with Gasteiger partial charge in [-0.15, -0.1) is 0 Å². The van der Waals surface area contributed by atoms with Crippen LogP contribution in [0.1, 0.15) is 24.9 Å². The highest BCUT2D eigenvalue weighted by atomic mass is 79.9. The zero-order chi connectivity index (χ0) is 12.8. The van der Waals surface area contributed by atoms with Crippen LogP contribution in [0.15, 0.2) is 22.7 Å². The number of anilines is 1. The van der Waals surface area contributed by atoms with E-state index in [1.54, 1.807) is 0 Å². The summed E-state index contributed by atoms with van der Waals surface area (Å²) in [5.41, 5.74) is 2.36. The SMILES string of the molecule is CNC(C)c1ccc(N(C)CCC#N)cc1Br. The zero-order valence-electron chi connectivity index (χ0n) is 10.5. The summed E-state index contributed by atoms with van der Waals surface area (Å²) in [4.78, 5) is 2.09. The van der Waals surface area contributed by atoms with Gasteiger partial charge >= 0.3 is 0 Å². The van der Waals surface area contributed by atoms with Crippen LogP contribution in [-0.4, -0.2) is 20.6 Å². The van der Waals surface area contributed by atoms with E-state index in [-0.39, 0.29) is 0 Å². The summed E-state index contributed by atoms with van der Waals surface area (Å²) in [7, 11) is 3.95. The van der Waals surface area contributed by atoms with Crippen molar-refractivity contribution in [3.05, 3.63) is 28.2 Å². The maximum absolute atomic E-state index is 8.57. The number of nitrogens with one attached hydrogen (secondary N) is 1. The van der Waals surface area contributed by atoms with Crippen LogP contribution in [-0.2, 0) is 0 Å². The smallest absolute Gasteiger partial charge is 0.0640 e. The van der Waals surface area contributed by atoms with Gasteiger partial charge in [0, 0.05) is 29.8 Å². The molecule has 1 atom stereocenters. The van der Waals surface area contributed by atoms with E-state index in [4.69, 9.17) is 5.26 Å². The first-order valence-corrected chi connectivity index (χ1v) is 6.44. The van der Waals surface area contributed by atoms with Crippen LogP contribution in [0.2, 0.25) is 0 Å². The molecular weight excluding hydrogens is 278 g/mol. The van der Waals surface area contributed by atoms with Gasteiger partial charge in [-0.05, 0) is 31.7 Å². The molecule has 0 bridgehead atoms. The standard InChI is InChI=1S/C13H18BrN3/c1-10(16-2)12-6-5-11(9-13(12)14)17(3)8-4-7-15/h5-6,9-10,16H,4,8H2,1-3H3. The molecule has 0 saturated heterocycles. The highest BCUT2D eigenvalue weighted by molar-refractivity contribution is 9.10. The predicted molar refractivity (Wildman–Crippen MR) is 75.1 cm³/mol. The van der Waals surface area contributed by atoms with E-state index < -0.39 is 0 Å². The summed E-state index contributed by atoms with van der Waals surface area (Å²) in [5, 5.41) is 11.8. The largest absolute Gasteiger partial charge is 0.374 e. The van der Waals surface area contributed by atoms with Crippen molar-refractivity contribution in [1.82, 2.24) is 5.32 Å². The molecule has 0 heterocycles. The second-order valence-corrected chi connectivity index (χ2v) is 4.90. The molecule has 0 aromatic heterocycles. The first kappa shape index (κ1) is 14.0. The van der Waals surface area contributed by atoms with Gasteiger partial charge in [-0.25, -0.2) is 0 Å². The Morgan fingerprint density at radius 2 is 2.24 bits per heavy atom. The molecule has 1 rings (SSSR count). The van der Waals surface area contributed by atoms with E-state index in [9.17, 15) is 0 Å². The molecular formula is C13H18BrN3. The minimum Gasteiger partial charge on any atom is -0.374 e. The van der Waals surface area contributed by atoms with Crippen LogP contribution in [0.25, 0.3) is 0 Å². The lowest BCUT2D eigenvalue weighted by Gasteiger charge is -2.20. The molecule has 4 heteroatoms. The van der Waals surface area contributed by atoms with Gasteiger partial charge in [0.05, 0.1) is 12.5 Å². The molecule has 0 aliphatic rings. The average molecular weight is 296 g/mol. The molecule has 1 unspecified atom stereocenters. The van der Waals surface area contributed by atoms with E-state index >= 15 is 0 Å². The van der Waals surface area contributed by atoms with Gasteiger partial charge in [0.15, 0.2) is 0 Å². The maximum Gasteiger partial charge on any atom is 0.0640 e. The molecule has 92 valence electrons. The summed E-state index contributed by atoms with van der Waals surface area (Å²) in [6.07, 6.45) is 0.544. The minimum absolute atomic E-state index is 0.322. The van der Waals surface area contributed by atoms with Crippen LogP contribution in [0.4, 0.5) is 5.69 Å². The molecule has 3 nitrogen and oxygen atoms in total. The fraction of sp³-hybridized carbons (Fsp3) is 0.462. The Morgan fingerprint density at radius 1 is 1.53 bits per heavy atom. The van der Waals surface area contributed by atoms with Gasteiger partial charge in [-0.2, -0.15) is 5.26 Å². The third-order valence-corrected chi connectivity index (χ3v) is 3.57. The number of benzene rings is 1. The van der Waals surface area contributed by atoms with Gasteiger partial charge in [0.1, 0.15) is 0 Å². The van der Waals surface area contributed by atoms with Crippen molar-refractivity contribution in [2.24, 2.45) is 0 Å². The number of hydrogen-bond acceptors (Lipinski definition) is 3. The van der Waals surface area contributed by atoms with Crippen LogP contribution in [0, 0.1) is 11.3 Å². The molecule has 0 spiro atoms. The molecule has 1 aromatic carbocycles. The molecule has 0 radical (unpaired) electrons. The molecule has 17 heavy (non-hydrogen) atoms. The predicted octanol–water partition coefficient (Wildman–Crippen LogP) is 3.08. The molecule has 0 fully saturated rings. The molecule has 0 aliphatic heterocycles. The van der Waals surface area contributed by atoms with Crippen molar-refractivity contribution in [3.63, 3.8) is 0 Å². The second-order valence-electron chi connectivity index (χ2n) is 4.05. The number of nitrogens with zero attached hydrogens (tertiary/aromatic N) is 2. The van der Waals surface area contributed by atoms with E-state index in [1.165, 1.54) is 5.56 Å². The second kappa shape index (κ2) is 6.63. The van der Waals surface area contributed by atoms with Crippen LogP contribution < -0.4 is 10.2 Å². The first-order valence-electron chi connectivity index (χ1n) is 5.65. The summed E-state index contributed by atoms with van der Waals surface area (Å²) >= 11 is 3.59. The lowest BCUT2D eigenvalue weighted by Crippen LogP contribution is -2.18. The summed E-state index contributed by atoms with van der Waals surface area (Å²) in [6.45, 7) is 2.88. The monoisotopic (exact) mass is 295 g/mol. The van der Waals surface area contributed by atoms with Crippen LogP contribution in [0.3, 0.4) is 0 Å². The van der Waals surface area contributed by atoms with Gasteiger partial charge in [0.2, 0.25) is 0 Å². The molecule has 1 N–H and O–H groups in total. The fourth-order valence-corrected chi connectivity index (χ4v) is 2.32. The Bertz CT molecular complexity index is 412. The highest BCUT2D eigenvalue weighted by Crippen LogP contribution is 2.27. The maximum atomic E-state index is 8.57. The zero-order valence-corrected chi connectivity index (χ0v) is 12.1.